The maximum atomic E-state index is 5.78. The van der Waals surface area contributed by atoms with E-state index in [1.807, 2.05) is 44.4 Å². The van der Waals surface area contributed by atoms with Crippen LogP contribution in [0.4, 0.5) is 0 Å². The topological polar surface area (TPSA) is 48.3 Å². The van der Waals surface area contributed by atoms with Gasteiger partial charge in [-0.05, 0) is 19.2 Å². The number of hydrogen-bond acceptors (Lipinski definition) is 4. The van der Waals surface area contributed by atoms with Gasteiger partial charge in [0.25, 0.3) is 0 Å². The van der Waals surface area contributed by atoms with Gasteiger partial charge in [-0.2, -0.15) is 5.10 Å². The summed E-state index contributed by atoms with van der Waals surface area (Å²) in [7, 11) is 5.43. The van der Waals surface area contributed by atoms with Crippen molar-refractivity contribution in [1.29, 1.82) is 0 Å². The summed E-state index contributed by atoms with van der Waals surface area (Å²) in [6.07, 6.45) is 1.71. The summed E-state index contributed by atoms with van der Waals surface area (Å²) < 4.78 is 12.9. The number of aryl methyl sites for hydroxylation is 1. The van der Waals surface area contributed by atoms with E-state index >= 15 is 0 Å². The Morgan fingerprint density at radius 2 is 2.05 bits per heavy atom. The Balaban J connectivity index is 2.10. The van der Waals surface area contributed by atoms with E-state index in [1.165, 1.54) is 0 Å². The lowest BCUT2D eigenvalue weighted by Crippen LogP contribution is -2.26. The zero-order valence-corrected chi connectivity index (χ0v) is 11.5. The second kappa shape index (κ2) is 6.24. The molecular weight excluding hydrogens is 242 g/mol. The van der Waals surface area contributed by atoms with Crippen molar-refractivity contribution in [2.45, 2.75) is 6.04 Å². The second-order valence-corrected chi connectivity index (χ2v) is 4.19. The van der Waals surface area contributed by atoms with Gasteiger partial charge in [-0.1, -0.05) is 18.2 Å². The average Bonchev–Trinajstić information content (AvgIpc) is 2.82. The van der Waals surface area contributed by atoms with E-state index in [0.717, 1.165) is 17.2 Å². The SMILES string of the molecule is CNC(COc1ccccc1)c1c(OC)cnn1C. The third-order valence-corrected chi connectivity index (χ3v) is 3.01. The van der Waals surface area contributed by atoms with Crippen LogP contribution in [0.2, 0.25) is 0 Å². The zero-order chi connectivity index (χ0) is 13.7. The fourth-order valence-corrected chi connectivity index (χ4v) is 1.98. The molecule has 0 aliphatic rings. The number of nitrogens with zero attached hydrogens (tertiary/aromatic N) is 2. The van der Waals surface area contributed by atoms with Gasteiger partial charge in [-0.15, -0.1) is 0 Å². The van der Waals surface area contributed by atoms with Crippen molar-refractivity contribution in [2.75, 3.05) is 20.8 Å². The average molecular weight is 261 g/mol. The molecule has 0 aliphatic carbocycles. The van der Waals surface area contributed by atoms with Crippen LogP contribution in [0.3, 0.4) is 0 Å². The van der Waals surface area contributed by atoms with Crippen molar-refractivity contribution in [1.82, 2.24) is 15.1 Å². The smallest absolute Gasteiger partial charge is 0.161 e. The summed E-state index contributed by atoms with van der Waals surface area (Å²) in [5.74, 6) is 1.61. The molecule has 1 aromatic carbocycles. The van der Waals surface area contributed by atoms with Gasteiger partial charge in [-0.25, -0.2) is 0 Å². The number of nitrogens with one attached hydrogen (secondary N) is 1. The number of methoxy groups -OCH3 is 1. The van der Waals surface area contributed by atoms with Gasteiger partial charge in [0.2, 0.25) is 0 Å². The standard InChI is InChI=1S/C14H19N3O2/c1-15-12(10-19-11-7-5-4-6-8-11)14-13(18-3)9-16-17(14)2/h4-9,12,15H,10H2,1-3H3. The van der Waals surface area contributed by atoms with E-state index in [2.05, 4.69) is 10.4 Å². The third-order valence-electron chi connectivity index (χ3n) is 3.01. The number of hydrogen-bond donors (Lipinski definition) is 1. The van der Waals surface area contributed by atoms with Crippen LogP contribution in [0.1, 0.15) is 11.7 Å². The van der Waals surface area contributed by atoms with Crippen molar-refractivity contribution in [3.63, 3.8) is 0 Å². The Kier molecular flexibility index (Phi) is 4.41. The quantitative estimate of drug-likeness (QED) is 0.861. The van der Waals surface area contributed by atoms with Gasteiger partial charge in [0.1, 0.15) is 18.1 Å². The highest BCUT2D eigenvalue weighted by Gasteiger charge is 2.19. The fraction of sp³-hybridized carbons (Fsp3) is 0.357. The molecule has 0 saturated heterocycles. The number of aromatic nitrogens is 2. The molecule has 0 saturated carbocycles. The van der Waals surface area contributed by atoms with E-state index in [1.54, 1.807) is 18.0 Å². The number of para-hydroxylation sites is 1. The fourth-order valence-electron chi connectivity index (χ4n) is 1.98. The summed E-state index contributed by atoms with van der Waals surface area (Å²) in [6.45, 7) is 0.510. The molecule has 0 aliphatic heterocycles. The summed E-state index contributed by atoms with van der Waals surface area (Å²) in [5.41, 5.74) is 0.973. The Labute approximate surface area is 113 Å². The molecular formula is C14H19N3O2. The Morgan fingerprint density at radius 1 is 1.32 bits per heavy atom. The van der Waals surface area contributed by atoms with Crippen molar-refractivity contribution >= 4 is 0 Å². The highest BCUT2D eigenvalue weighted by atomic mass is 16.5. The van der Waals surface area contributed by atoms with Gasteiger partial charge in [0.15, 0.2) is 5.75 Å². The molecule has 5 nitrogen and oxygen atoms in total. The number of ether oxygens (including phenoxy) is 2. The summed E-state index contributed by atoms with van der Waals surface area (Å²) in [4.78, 5) is 0. The second-order valence-electron chi connectivity index (χ2n) is 4.19. The van der Waals surface area contributed by atoms with Crippen molar-refractivity contribution in [3.8, 4) is 11.5 Å². The highest BCUT2D eigenvalue weighted by molar-refractivity contribution is 5.28. The first-order valence-electron chi connectivity index (χ1n) is 6.17. The molecule has 1 heterocycles. The maximum absolute atomic E-state index is 5.78. The van der Waals surface area contributed by atoms with Crippen LogP contribution in [0.25, 0.3) is 0 Å². The zero-order valence-electron chi connectivity index (χ0n) is 11.5. The first-order chi connectivity index (χ1) is 9.26. The molecule has 1 unspecified atom stereocenters. The van der Waals surface area contributed by atoms with E-state index in [9.17, 15) is 0 Å². The first kappa shape index (κ1) is 13.4. The van der Waals surface area contributed by atoms with Crippen LogP contribution in [0, 0.1) is 0 Å². The molecule has 2 rings (SSSR count). The highest BCUT2D eigenvalue weighted by Crippen LogP contribution is 2.24. The van der Waals surface area contributed by atoms with E-state index < -0.39 is 0 Å². The lowest BCUT2D eigenvalue weighted by molar-refractivity contribution is 0.262. The van der Waals surface area contributed by atoms with Crippen LogP contribution in [0.5, 0.6) is 11.5 Å². The molecule has 5 heteroatoms. The summed E-state index contributed by atoms with van der Waals surface area (Å²) >= 11 is 0. The lowest BCUT2D eigenvalue weighted by Gasteiger charge is -2.18. The van der Waals surface area contributed by atoms with Gasteiger partial charge < -0.3 is 14.8 Å². The summed E-state index contributed by atoms with van der Waals surface area (Å²) in [5, 5.41) is 7.43. The molecule has 2 aromatic rings. The van der Waals surface area contributed by atoms with E-state index in [-0.39, 0.29) is 6.04 Å². The number of rotatable bonds is 6. The van der Waals surface area contributed by atoms with Crippen LogP contribution in [-0.2, 0) is 7.05 Å². The minimum atomic E-state index is 0.0163. The predicted octanol–water partition coefficient (Wildman–Crippen LogP) is 1.77. The molecule has 1 aromatic heterocycles. The lowest BCUT2D eigenvalue weighted by atomic mass is 10.2. The van der Waals surface area contributed by atoms with Crippen molar-refractivity contribution < 1.29 is 9.47 Å². The van der Waals surface area contributed by atoms with E-state index in [0.29, 0.717) is 6.61 Å². The normalized spacial score (nSPS) is 12.2. The third kappa shape index (κ3) is 3.06. The van der Waals surface area contributed by atoms with Gasteiger partial charge in [0, 0.05) is 7.05 Å². The monoisotopic (exact) mass is 261 g/mol. The predicted molar refractivity (Wildman–Crippen MR) is 73.5 cm³/mol. The molecule has 1 atom stereocenters. The Bertz CT molecular complexity index is 511. The minimum absolute atomic E-state index is 0.0163. The Morgan fingerprint density at radius 3 is 2.68 bits per heavy atom. The van der Waals surface area contributed by atoms with E-state index in [4.69, 9.17) is 9.47 Å². The van der Waals surface area contributed by atoms with Crippen LogP contribution >= 0.6 is 0 Å². The van der Waals surface area contributed by atoms with Gasteiger partial charge >= 0.3 is 0 Å². The molecule has 1 N–H and O–H groups in total. The van der Waals surface area contributed by atoms with Crippen molar-refractivity contribution in [2.24, 2.45) is 7.05 Å². The molecule has 0 radical (unpaired) electrons. The first-order valence-corrected chi connectivity index (χ1v) is 6.17. The summed E-state index contributed by atoms with van der Waals surface area (Å²) in [6, 6.07) is 9.76. The molecule has 0 bridgehead atoms. The van der Waals surface area contributed by atoms with Crippen molar-refractivity contribution in [3.05, 3.63) is 42.2 Å². The number of benzene rings is 1. The Hall–Kier alpha value is -2.01. The molecule has 19 heavy (non-hydrogen) atoms. The van der Waals surface area contributed by atoms with Crippen LogP contribution in [-0.4, -0.2) is 30.5 Å². The van der Waals surface area contributed by atoms with Gasteiger partial charge in [-0.3, -0.25) is 4.68 Å². The minimum Gasteiger partial charge on any atom is -0.493 e. The molecule has 0 amide bonds. The van der Waals surface area contributed by atoms with Crippen LogP contribution in [0.15, 0.2) is 36.5 Å². The number of likely N-dealkylation sites (N-methyl/N-ethyl adjacent to an activating group) is 1. The molecule has 0 spiro atoms. The molecule has 0 fully saturated rings. The van der Waals surface area contributed by atoms with Crippen LogP contribution < -0.4 is 14.8 Å². The maximum Gasteiger partial charge on any atom is 0.161 e. The molecule has 102 valence electrons. The largest absolute Gasteiger partial charge is 0.493 e. The van der Waals surface area contributed by atoms with Gasteiger partial charge in [0.05, 0.1) is 19.3 Å².